The summed E-state index contributed by atoms with van der Waals surface area (Å²) in [5, 5.41) is 2.71. The third-order valence-corrected chi connectivity index (χ3v) is 3.83. The smallest absolute Gasteiger partial charge is 0.465 e. The number of methoxy groups -OCH3 is 1. The number of hydrogen-bond donors (Lipinski definition) is 1. The van der Waals surface area contributed by atoms with E-state index in [0.717, 1.165) is 12.1 Å². The van der Waals surface area contributed by atoms with E-state index in [9.17, 15) is 22.8 Å². The van der Waals surface area contributed by atoms with Crippen LogP contribution in [0.15, 0.2) is 65.9 Å². The highest BCUT2D eigenvalue weighted by atomic mass is 19.4. The molecule has 2 aromatic carbocycles. The van der Waals surface area contributed by atoms with Crippen LogP contribution in [0.3, 0.4) is 0 Å². The van der Waals surface area contributed by atoms with Gasteiger partial charge in [-0.1, -0.05) is 30.3 Å². The first kappa shape index (κ1) is 19.3. The van der Waals surface area contributed by atoms with Crippen molar-refractivity contribution in [2.24, 2.45) is 0 Å². The number of nitrogens with one attached hydrogen (secondary N) is 1. The topological polar surface area (TPSA) is 73.9 Å². The lowest BCUT2D eigenvalue weighted by molar-refractivity contribution is -0.274. The summed E-state index contributed by atoms with van der Waals surface area (Å²) in [6.07, 6.45) is -5.77. The van der Waals surface area contributed by atoms with Gasteiger partial charge in [-0.3, -0.25) is 0 Å². The zero-order chi connectivity index (χ0) is 20.3. The summed E-state index contributed by atoms with van der Waals surface area (Å²) in [5.41, 5.74) is 0.651. The summed E-state index contributed by atoms with van der Waals surface area (Å²) in [5.74, 6) is -1.97. The van der Waals surface area contributed by atoms with E-state index in [0.29, 0.717) is 5.56 Å². The summed E-state index contributed by atoms with van der Waals surface area (Å²) < 4.78 is 50.6. The molecule has 3 rings (SSSR count). The number of alkyl halides is 3. The van der Waals surface area contributed by atoms with Gasteiger partial charge in [-0.15, -0.1) is 13.2 Å². The molecule has 146 valence electrons. The van der Waals surface area contributed by atoms with Crippen molar-refractivity contribution in [3.63, 3.8) is 0 Å². The standard InChI is InChI=1S/C19H14F3NO5/c1-26-17(24)14-15(18(25)27-16(14)11-5-3-2-4-6-11)23-12-7-9-13(10-8-12)28-19(20,21)22/h2-10,16,23H,1H3. The molecule has 0 fully saturated rings. The van der Waals surface area contributed by atoms with Crippen LogP contribution < -0.4 is 10.1 Å². The van der Waals surface area contributed by atoms with Crippen molar-refractivity contribution in [1.82, 2.24) is 0 Å². The van der Waals surface area contributed by atoms with E-state index in [1.54, 1.807) is 30.3 Å². The van der Waals surface area contributed by atoms with Gasteiger partial charge in [0.1, 0.15) is 17.0 Å². The first-order chi connectivity index (χ1) is 13.3. The molecule has 1 atom stereocenters. The number of ether oxygens (including phenoxy) is 3. The molecule has 6 nitrogen and oxygen atoms in total. The quantitative estimate of drug-likeness (QED) is 0.781. The fourth-order valence-corrected chi connectivity index (χ4v) is 2.65. The van der Waals surface area contributed by atoms with Crippen LogP contribution in [0.4, 0.5) is 18.9 Å². The van der Waals surface area contributed by atoms with Crippen LogP contribution in [0.1, 0.15) is 11.7 Å². The van der Waals surface area contributed by atoms with Crippen molar-refractivity contribution in [2.45, 2.75) is 12.5 Å². The van der Waals surface area contributed by atoms with Gasteiger partial charge in [-0.05, 0) is 29.8 Å². The molecule has 0 saturated carbocycles. The molecule has 28 heavy (non-hydrogen) atoms. The Bertz CT molecular complexity index is 907. The van der Waals surface area contributed by atoms with Crippen LogP contribution >= 0.6 is 0 Å². The molecule has 9 heteroatoms. The summed E-state index contributed by atoms with van der Waals surface area (Å²) in [4.78, 5) is 24.6. The highest BCUT2D eigenvalue weighted by Gasteiger charge is 2.40. The average molecular weight is 393 g/mol. The maximum atomic E-state index is 12.3. The third kappa shape index (κ3) is 4.25. The van der Waals surface area contributed by atoms with Gasteiger partial charge in [0.25, 0.3) is 0 Å². The van der Waals surface area contributed by atoms with Crippen molar-refractivity contribution in [3.05, 3.63) is 71.4 Å². The van der Waals surface area contributed by atoms with Crippen LogP contribution in [0.25, 0.3) is 0 Å². The van der Waals surface area contributed by atoms with Crippen LogP contribution in [-0.4, -0.2) is 25.4 Å². The monoisotopic (exact) mass is 393 g/mol. The Morgan fingerprint density at radius 1 is 1.07 bits per heavy atom. The van der Waals surface area contributed by atoms with Gasteiger partial charge in [-0.25, -0.2) is 9.59 Å². The number of esters is 2. The average Bonchev–Trinajstić information content (AvgIpc) is 2.98. The van der Waals surface area contributed by atoms with Crippen molar-refractivity contribution in [2.75, 3.05) is 12.4 Å². The van der Waals surface area contributed by atoms with Crippen molar-refractivity contribution in [1.29, 1.82) is 0 Å². The van der Waals surface area contributed by atoms with Crippen molar-refractivity contribution >= 4 is 17.6 Å². The zero-order valence-corrected chi connectivity index (χ0v) is 14.4. The lowest BCUT2D eigenvalue weighted by atomic mass is 10.0. The fraction of sp³-hybridized carbons (Fsp3) is 0.158. The Labute approximate surface area is 157 Å². The number of rotatable bonds is 5. The van der Waals surface area contributed by atoms with Gasteiger partial charge in [0, 0.05) is 5.69 Å². The zero-order valence-electron chi connectivity index (χ0n) is 14.4. The molecule has 1 aliphatic rings. The van der Waals surface area contributed by atoms with Gasteiger partial charge >= 0.3 is 18.3 Å². The number of carbonyl (C=O) groups excluding carboxylic acids is 2. The minimum atomic E-state index is -4.81. The summed E-state index contributed by atoms with van der Waals surface area (Å²) in [6.45, 7) is 0. The van der Waals surface area contributed by atoms with Gasteiger partial charge in [0.05, 0.1) is 7.11 Å². The molecular weight excluding hydrogens is 379 g/mol. The lowest BCUT2D eigenvalue weighted by Crippen LogP contribution is -2.17. The summed E-state index contributed by atoms with van der Waals surface area (Å²) in [6, 6.07) is 13.3. The minimum absolute atomic E-state index is 0.0330. The van der Waals surface area contributed by atoms with Gasteiger partial charge in [0.2, 0.25) is 0 Å². The van der Waals surface area contributed by atoms with E-state index in [-0.39, 0.29) is 17.0 Å². The van der Waals surface area contributed by atoms with E-state index in [1.165, 1.54) is 19.2 Å². The maximum absolute atomic E-state index is 12.3. The Morgan fingerprint density at radius 3 is 2.29 bits per heavy atom. The Kier molecular flexibility index (Phi) is 5.25. The predicted octanol–water partition coefficient (Wildman–Crippen LogP) is 3.72. The second-order valence-electron chi connectivity index (χ2n) is 5.67. The van der Waals surface area contributed by atoms with Crippen LogP contribution in [0.2, 0.25) is 0 Å². The molecule has 0 bridgehead atoms. The van der Waals surface area contributed by atoms with Crippen molar-refractivity contribution in [3.8, 4) is 5.75 Å². The highest BCUT2D eigenvalue weighted by molar-refractivity contribution is 6.06. The van der Waals surface area contributed by atoms with Gasteiger partial charge in [0.15, 0.2) is 6.10 Å². The van der Waals surface area contributed by atoms with Crippen molar-refractivity contribution < 1.29 is 37.0 Å². The fourth-order valence-electron chi connectivity index (χ4n) is 2.65. The first-order valence-corrected chi connectivity index (χ1v) is 8.00. The Balaban J connectivity index is 1.91. The number of cyclic esters (lactones) is 1. The van der Waals surface area contributed by atoms with E-state index in [1.807, 2.05) is 0 Å². The number of benzene rings is 2. The maximum Gasteiger partial charge on any atom is 0.573 e. The van der Waals surface area contributed by atoms with E-state index in [4.69, 9.17) is 9.47 Å². The molecule has 2 aromatic rings. The highest BCUT2D eigenvalue weighted by Crippen LogP contribution is 2.36. The summed E-state index contributed by atoms with van der Waals surface area (Å²) in [7, 11) is 1.17. The molecule has 1 N–H and O–H groups in total. The summed E-state index contributed by atoms with van der Waals surface area (Å²) >= 11 is 0. The van der Waals surface area contributed by atoms with E-state index in [2.05, 4.69) is 10.1 Å². The SMILES string of the molecule is COC(=O)C1=C(Nc2ccc(OC(F)(F)F)cc2)C(=O)OC1c1ccccc1. The van der Waals surface area contributed by atoms with Crippen LogP contribution in [0.5, 0.6) is 5.75 Å². The lowest BCUT2D eigenvalue weighted by Gasteiger charge is -2.13. The molecule has 0 aromatic heterocycles. The molecule has 0 spiro atoms. The molecule has 0 aliphatic carbocycles. The molecule has 0 saturated heterocycles. The number of hydrogen-bond acceptors (Lipinski definition) is 6. The number of carbonyl (C=O) groups is 2. The van der Waals surface area contributed by atoms with Crippen LogP contribution in [0, 0.1) is 0 Å². The van der Waals surface area contributed by atoms with E-state index >= 15 is 0 Å². The molecule has 1 unspecified atom stereocenters. The molecule has 1 heterocycles. The van der Waals surface area contributed by atoms with E-state index < -0.39 is 30.2 Å². The number of anilines is 1. The minimum Gasteiger partial charge on any atom is -0.465 e. The number of halogens is 3. The normalized spacial score (nSPS) is 16.6. The van der Waals surface area contributed by atoms with Crippen LogP contribution in [-0.2, 0) is 19.1 Å². The third-order valence-electron chi connectivity index (χ3n) is 3.83. The second kappa shape index (κ2) is 7.63. The second-order valence-corrected chi connectivity index (χ2v) is 5.67. The Hall–Kier alpha value is -3.49. The molecule has 0 amide bonds. The largest absolute Gasteiger partial charge is 0.573 e. The predicted molar refractivity (Wildman–Crippen MR) is 91.1 cm³/mol. The Morgan fingerprint density at radius 2 is 1.71 bits per heavy atom. The van der Waals surface area contributed by atoms with Gasteiger partial charge < -0.3 is 19.5 Å². The van der Waals surface area contributed by atoms with Gasteiger partial charge in [-0.2, -0.15) is 0 Å². The first-order valence-electron chi connectivity index (χ1n) is 8.00. The molecule has 1 aliphatic heterocycles. The molecular formula is C19H14F3NO5. The molecule has 0 radical (unpaired) electrons.